The Morgan fingerprint density at radius 3 is 3.00 bits per heavy atom. The molecule has 1 unspecified atom stereocenters. The van der Waals surface area contributed by atoms with E-state index >= 15 is 0 Å². The van der Waals surface area contributed by atoms with Crippen LogP contribution >= 0.6 is 0 Å². The van der Waals surface area contributed by atoms with E-state index < -0.39 is 0 Å². The first-order valence-electron chi connectivity index (χ1n) is 6.04. The number of carbonyl (C=O) groups is 1. The molecule has 1 aliphatic rings. The molecule has 1 aliphatic carbocycles. The van der Waals surface area contributed by atoms with Crippen LogP contribution in [0, 0.1) is 5.92 Å². The van der Waals surface area contributed by atoms with E-state index in [0.29, 0.717) is 5.75 Å². The van der Waals surface area contributed by atoms with Crippen LogP contribution in [0.5, 0.6) is 5.75 Å². The molecule has 1 N–H and O–H groups in total. The normalized spacial score (nSPS) is 19.2. The van der Waals surface area contributed by atoms with Crippen LogP contribution < -0.4 is 0 Å². The Morgan fingerprint density at radius 2 is 2.31 bits per heavy atom. The first-order valence-corrected chi connectivity index (χ1v) is 6.04. The third kappa shape index (κ3) is 1.97. The molecule has 0 saturated carbocycles. The predicted molar refractivity (Wildman–Crippen MR) is 63.7 cm³/mol. The Balaban J connectivity index is 2.40. The van der Waals surface area contributed by atoms with Crippen molar-refractivity contribution in [2.24, 2.45) is 5.92 Å². The second-order valence-electron chi connectivity index (χ2n) is 4.59. The number of phenols is 1. The summed E-state index contributed by atoms with van der Waals surface area (Å²) in [5.41, 5.74) is 3.61. The highest BCUT2D eigenvalue weighted by molar-refractivity contribution is 5.57. The molecule has 0 spiro atoms. The summed E-state index contributed by atoms with van der Waals surface area (Å²) in [4.78, 5) is 10.9. The molecule has 0 aliphatic heterocycles. The Bertz CT molecular complexity index is 396. The molecule has 0 amide bonds. The lowest BCUT2D eigenvalue weighted by molar-refractivity contribution is -0.111. The molecule has 2 heteroatoms. The van der Waals surface area contributed by atoms with E-state index in [1.807, 2.05) is 6.07 Å². The highest BCUT2D eigenvalue weighted by Crippen LogP contribution is 2.32. The third-order valence-electron chi connectivity index (χ3n) is 3.45. The molecule has 2 nitrogen and oxygen atoms in total. The van der Waals surface area contributed by atoms with Crippen LogP contribution in [-0.2, 0) is 24.1 Å². The Labute approximate surface area is 96.3 Å². The number of phenolic OH excluding ortho intramolecular Hbond substituents is 1. The fourth-order valence-corrected chi connectivity index (χ4v) is 2.57. The van der Waals surface area contributed by atoms with E-state index in [4.69, 9.17) is 0 Å². The van der Waals surface area contributed by atoms with Gasteiger partial charge in [-0.2, -0.15) is 0 Å². The van der Waals surface area contributed by atoms with Gasteiger partial charge in [-0.05, 0) is 48.4 Å². The molecule has 2 rings (SSSR count). The summed E-state index contributed by atoms with van der Waals surface area (Å²) in [5, 5.41) is 9.87. The summed E-state index contributed by atoms with van der Waals surface area (Å²) in [5.74, 6) is 0.539. The van der Waals surface area contributed by atoms with Crippen LogP contribution in [-0.4, -0.2) is 11.4 Å². The minimum atomic E-state index is 0.143. The number of aromatic hydroxyl groups is 1. The zero-order chi connectivity index (χ0) is 11.5. The average molecular weight is 218 g/mol. The number of aldehydes is 1. The molecule has 1 atom stereocenters. The van der Waals surface area contributed by atoms with Gasteiger partial charge in [0.2, 0.25) is 0 Å². The van der Waals surface area contributed by atoms with Gasteiger partial charge in [0.05, 0.1) is 0 Å². The standard InChI is InChI=1S/C14H18O2/c1-2-3-12-13-8-10(9-15)4-5-11(13)6-7-14(12)16/h6-7,9-10,16H,2-5,8H2,1H3. The van der Waals surface area contributed by atoms with Gasteiger partial charge in [0, 0.05) is 5.92 Å². The predicted octanol–water partition coefficient (Wildman–Crippen LogP) is 2.65. The van der Waals surface area contributed by atoms with Crippen LogP contribution in [0.4, 0.5) is 0 Å². The maximum atomic E-state index is 10.9. The molecule has 16 heavy (non-hydrogen) atoms. The molecule has 0 bridgehead atoms. The molecule has 1 aromatic carbocycles. The molecule has 0 heterocycles. The van der Waals surface area contributed by atoms with E-state index in [1.165, 1.54) is 11.1 Å². The maximum absolute atomic E-state index is 10.9. The minimum Gasteiger partial charge on any atom is -0.508 e. The van der Waals surface area contributed by atoms with Gasteiger partial charge in [-0.3, -0.25) is 0 Å². The fourth-order valence-electron chi connectivity index (χ4n) is 2.57. The van der Waals surface area contributed by atoms with Crippen molar-refractivity contribution in [2.45, 2.75) is 39.0 Å². The lowest BCUT2D eigenvalue weighted by Gasteiger charge is -2.24. The van der Waals surface area contributed by atoms with Crippen LogP contribution in [0.15, 0.2) is 12.1 Å². The second-order valence-corrected chi connectivity index (χ2v) is 4.59. The number of aryl methyl sites for hydroxylation is 1. The molecule has 0 fully saturated rings. The van der Waals surface area contributed by atoms with Gasteiger partial charge in [0.25, 0.3) is 0 Å². The van der Waals surface area contributed by atoms with Crippen molar-refractivity contribution in [3.05, 3.63) is 28.8 Å². The van der Waals surface area contributed by atoms with Crippen LogP contribution in [0.1, 0.15) is 36.5 Å². The van der Waals surface area contributed by atoms with Crippen molar-refractivity contribution in [2.75, 3.05) is 0 Å². The fraction of sp³-hybridized carbons (Fsp3) is 0.500. The van der Waals surface area contributed by atoms with Gasteiger partial charge < -0.3 is 9.90 Å². The Morgan fingerprint density at radius 1 is 1.50 bits per heavy atom. The highest BCUT2D eigenvalue weighted by atomic mass is 16.3. The largest absolute Gasteiger partial charge is 0.508 e. The van der Waals surface area contributed by atoms with E-state index in [1.54, 1.807) is 6.07 Å². The lowest BCUT2D eigenvalue weighted by Crippen LogP contribution is -2.17. The average Bonchev–Trinajstić information content (AvgIpc) is 2.32. The molecular formula is C14H18O2. The zero-order valence-corrected chi connectivity index (χ0v) is 9.70. The van der Waals surface area contributed by atoms with Crippen LogP contribution in [0.2, 0.25) is 0 Å². The summed E-state index contributed by atoms with van der Waals surface area (Å²) in [7, 11) is 0. The highest BCUT2D eigenvalue weighted by Gasteiger charge is 2.21. The molecule has 1 aromatic rings. The SMILES string of the molecule is CCCc1c(O)ccc2c1CC(C=O)CC2. The topological polar surface area (TPSA) is 37.3 Å². The summed E-state index contributed by atoms with van der Waals surface area (Å²) in [6, 6.07) is 3.80. The lowest BCUT2D eigenvalue weighted by atomic mass is 9.81. The van der Waals surface area contributed by atoms with Gasteiger partial charge in [-0.25, -0.2) is 0 Å². The summed E-state index contributed by atoms with van der Waals surface area (Å²) >= 11 is 0. The smallest absolute Gasteiger partial charge is 0.123 e. The van der Waals surface area contributed by atoms with Gasteiger partial charge in [0.1, 0.15) is 12.0 Å². The summed E-state index contributed by atoms with van der Waals surface area (Å²) in [6.45, 7) is 2.11. The van der Waals surface area contributed by atoms with Crippen molar-refractivity contribution in [1.82, 2.24) is 0 Å². The number of benzene rings is 1. The monoisotopic (exact) mass is 218 g/mol. The van der Waals surface area contributed by atoms with Crippen molar-refractivity contribution < 1.29 is 9.90 Å². The minimum absolute atomic E-state index is 0.143. The van der Waals surface area contributed by atoms with Crippen LogP contribution in [0.25, 0.3) is 0 Å². The molecule has 86 valence electrons. The number of hydrogen-bond acceptors (Lipinski definition) is 2. The van der Waals surface area contributed by atoms with E-state index in [0.717, 1.165) is 44.0 Å². The molecule has 0 saturated heterocycles. The van der Waals surface area contributed by atoms with E-state index in [2.05, 4.69) is 6.92 Å². The molecule has 0 aromatic heterocycles. The van der Waals surface area contributed by atoms with Gasteiger partial charge in [0.15, 0.2) is 0 Å². The van der Waals surface area contributed by atoms with Crippen molar-refractivity contribution in [3.63, 3.8) is 0 Å². The zero-order valence-electron chi connectivity index (χ0n) is 9.70. The second kappa shape index (κ2) is 4.69. The molecular weight excluding hydrogens is 200 g/mol. The maximum Gasteiger partial charge on any atom is 0.123 e. The number of hydrogen-bond donors (Lipinski definition) is 1. The van der Waals surface area contributed by atoms with Crippen LogP contribution in [0.3, 0.4) is 0 Å². The van der Waals surface area contributed by atoms with Crippen molar-refractivity contribution >= 4 is 6.29 Å². The number of fused-ring (bicyclic) bond motifs is 1. The van der Waals surface area contributed by atoms with Gasteiger partial charge in [-0.1, -0.05) is 19.4 Å². The Kier molecular flexibility index (Phi) is 3.28. The number of carbonyl (C=O) groups excluding carboxylic acids is 1. The summed E-state index contributed by atoms with van der Waals surface area (Å²) in [6.07, 6.45) is 5.71. The Hall–Kier alpha value is -1.31. The first-order chi connectivity index (χ1) is 7.76. The van der Waals surface area contributed by atoms with E-state index in [9.17, 15) is 9.90 Å². The van der Waals surface area contributed by atoms with E-state index in [-0.39, 0.29) is 5.92 Å². The molecule has 0 radical (unpaired) electrons. The third-order valence-corrected chi connectivity index (χ3v) is 3.45. The van der Waals surface area contributed by atoms with Gasteiger partial charge in [-0.15, -0.1) is 0 Å². The van der Waals surface area contributed by atoms with Gasteiger partial charge >= 0.3 is 0 Å². The van der Waals surface area contributed by atoms with Crippen molar-refractivity contribution in [3.8, 4) is 5.75 Å². The summed E-state index contributed by atoms with van der Waals surface area (Å²) < 4.78 is 0. The van der Waals surface area contributed by atoms with Crippen molar-refractivity contribution in [1.29, 1.82) is 0 Å². The number of rotatable bonds is 3. The quantitative estimate of drug-likeness (QED) is 0.792. The first kappa shape index (κ1) is 11.2.